The number of carboxylic acids is 1. The fourth-order valence-electron chi connectivity index (χ4n) is 2.86. The maximum atomic E-state index is 13.1. The lowest BCUT2D eigenvalue weighted by Gasteiger charge is -2.30. The standard InChI is InChI=1S/C15H19BrFNO2/c1-9(13-6-5-11(17)8-14(13)16)18-12-4-2-3-10(7-12)15(19)20/h5-6,8-10,12,18H,2-4,7H2,1H3,(H,19,20). The van der Waals surface area contributed by atoms with Gasteiger partial charge in [0.05, 0.1) is 5.92 Å². The second-order valence-corrected chi connectivity index (χ2v) is 6.31. The van der Waals surface area contributed by atoms with Crippen LogP contribution in [0.3, 0.4) is 0 Å². The minimum absolute atomic E-state index is 0.0579. The minimum atomic E-state index is -0.702. The first-order chi connectivity index (χ1) is 9.47. The molecule has 1 aliphatic carbocycles. The molecule has 3 unspecified atom stereocenters. The normalized spacial score (nSPS) is 24.4. The summed E-state index contributed by atoms with van der Waals surface area (Å²) in [5.41, 5.74) is 0.990. The average Bonchev–Trinajstić information content (AvgIpc) is 2.38. The molecule has 2 rings (SSSR count). The van der Waals surface area contributed by atoms with Crippen molar-refractivity contribution in [1.29, 1.82) is 0 Å². The van der Waals surface area contributed by atoms with E-state index in [0.717, 1.165) is 29.3 Å². The van der Waals surface area contributed by atoms with Crippen LogP contribution in [0.15, 0.2) is 22.7 Å². The van der Waals surface area contributed by atoms with Crippen LogP contribution in [-0.2, 0) is 4.79 Å². The molecule has 0 bridgehead atoms. The maximum Gasteiger partial charge on any atom is 0.306 e. The molecule has 1 saturated carbocycles. The molecule has 1 aromatic carbocycles. The SMILES string of the molecule is CC(NC1CCCC(C(=O)O)C1)c1ccc(F)cc1Br. The molecule has 110 valence electrons. The lowest BCUT2D eigenvalue weighted by Crippen LogP contribution is -2.37. The van der Waals surface area contributed by atoms with Gasteiger partial charge in [-0.3, -0.25) is 4.79 Å². The van der Waals surface area contributed by atoms with E-state index in [-0.39, 0.29) is 23.8 Å². The molecule has 1 fully saturated rings. The van der Waals surface area contributed by atoms with Crippen molar-refractivity contribution in [1.82, 2.24) is 5.32 Å². The Bertz CT molecular complexity index is 495. The van der Waals surface area contributed by atoms with Crippen LogP contribution in [0.4, 0.5) is 4.39 Å². The topological polar surface area (TPSA) is 49.3 Å². The van der Waals surface area contributed by atoms with E-state index < -0.39 is 5.97 Å². The van der Waals surface area contributed by atoms with E-state index in [4.69, 9.17) is 5.11 Å². The smallest absolute Gasteiger partial charge is 0.306 e. The summed E-state index contributed by atoms with van der Waals surface area (Å²) in [6.45, 7) is 2.02. The number of hydrogen-bond acceptors (Lipinski definition) is 2. The highest BCUT2D eigenvalue weighted by atomic mass is 79.9. The summed E-state index contributed by atoms with van der Waals surface area (Å²) in [5, 5.41) is 12.6. The molecule has 0 radical (unpaired) electrons. The molecule has 5 heteroatoms. The van der Waals surface area contributed by atoms with E-state index in [1.807, 2.05) is 6.92 Å². The van der Waals surface area contributed by atoms with Gasteiger partial charge in [0.15, 0.2) is 0 Å². The zero-order chi connectivity index (χ0) is 14.7. The van der Waals surface area contributed by atoms with Crippen molar-refractivity contribution in [2.45, 2.75) is 44.7 Å². The summed E-state index contributed by atoms with van der Waals surface area (Å²) in [6.07, 6.45) is 3.36. The Morgan fingerprint density at radius 3 is 2.90 bits per heavy atom. The van der Waals surface area contributed by atoms with E-state index in [1.165, 1.54) is 12.1 Å². The fourth-order valence-corrected chi connectivity index (χ4v) is 3.56. The molecule has 0 heterocycles. The zero-order valence-corrected chi connectivity index (χ0v) is 13.0. The van der Waals surface area contributed by atoms with Gasteiger partial charge in [-0.15, -0.1) is 0 Å². The van der Waals surface area contributed by atoms with E-state index >= 15 is 0 Å². The second-order valence-electron chi connectivity index (χ2n) is 5.45. The van der Waals surface area contributed by atoms with Crippen LogP contribution >= 0.6 is 15.9 Å². The summed E-state index contributed by atoms with van der Waals surface area (Å²) in [5.74, 6) is -1.21. The lowest BCUT2D eigenvalue weighted by atomic mass is 9.85. The van der Waals surface area contributed by atoms with Gasteiger partial charge in [0.2, 0.25) is 0 Å². The van der Waals surface area contributed by atoms with Crippen molar-refractivity contribution in [2.75, 3.05) is 0 Å². The Kier molecular flexibility index (Phi) is 5.16. The van der Waals surface area contributed by atoms with Gasteiger partial charge in [0, 0.05) is 16.6 Å². The van der Waals surface area contributed by atoms with Crippen molar-refractivity contribution >= 4 is 21.9 Å². The Labute approximate surface area is 126 Å². The summed E-state index contributed by atoms with van der Waals surface area (Å²) < 4.78 is 13.8. The molecular formula is C15H19BrFNO2. The number of nitrogens with one attached hydrogen (secondary N) is 1. The van der Waals surface area contributed by atoms with Crippen LogP contribution in [0, 0.1) is 11.7 Å². The zero-order valence-electron chi connectivity index (χ0n) is 11.4. The molecule has 3 atom stereocenters. The Balaban J connectivity index is 2.00. The molecule has 0 spiro atoms. The Morgan fingerprint density at radius 1 is 1.50 bits per heavy atom. The van der Waals surface area contributed by atoms with Crippen LogP contribution < -0.4 is 5.32 Å². The predicted octanol–water partition coefficient (Wildman–Crippen LogP) is 3.88. The molecule has 2 N–H and O–H groups in total. The summed E-state index contributed by atoms with van der Waals surface area (Å²) >= 11 is 3.37. The summed E-state index contributed by atoms with van der Waals surface area (Å²) in [6, 6.07) is 4.92. The van der Waals surface area contributed by atoms with Gasteiger partial charge in [0.25, 0.3) is 0 Å². The molecule has 0 saturated heterocycles. The van der Waals surface area contributed by atoms with Crippen molar-refractivity contribution in [3.8, 4) is 0 Å². The Morgan fingerprint density at radius 2 is 2.25 bits per heavy atom. The van der Waals surface area contributed by atoms with E-state index in [9.17, 15) is 9.18 Å². The third-order valence-corrected chi connectivity index (χ3v) is 4.62. The van der Waals surface area contributed by atoms with Gasteiger partial charge >= 0.3 is 5.97 Å². The molecule has 0 aliphatic heterocycles. The van der Waals surface area contributed by atoms with E-state index in [0.29, 0.717) is 6.42 Å². The third kappa shape index (κ3) is 3.79. The highest BCUT2D eigenvalue weighted by molar-refractivity contribution is 9.10. The number of aliphatic carboxylic acids is 1. The van der Waals surface area contributed by atoms with E-state index in [2.05, 4.69) is 21.2 Å². The predicted molar refractivity (Wildman–Crippen MR) is 79.0 cm³/mol. The van der Waals surface area contributed by atoms with Gasteiger partial charge in [0.1, 0.15) is 5.82 Å². The first-order valence-corrected chi connectivity index (χ1v) is 7.70. The first-order valence-electron chi connectivity index (χ1n) is 6.91. The molecule has 0 amide bonds. The first kappa shape index (κ1) is 15.4. The van der Waals surface area contributed by atoms with Crippen molar-refractivity contribution in [3.63, 3.8) is 0 Å². The van der Waals surface area contributed by atoms with Gasteiger partial charge in [-0.2, -0.15) is 0 Å². The summed E-state index contributed by atoms with van der Waals surface area (Å²) in [4.78, 5) is 11.1. The van der Waals surface area contributed by atoms with Crippen LogP contribution in [0.2, 0.25) is 0 Å². The quantitative estimate of drug-likeness (QED) is 0.871. The maximum absolute atomic E-state index is 13.1. The molecule has 1 aliphatic rings. The highest BCUT2D eigenvalue weighted by Gasteiger charge is 2.27. The number of hydrogen-bond donors (Lipinski definition) is 2. The second kappa shape index (κ2) is 6.68. The number of benzene rings is 1. The van der Waals surface area contributed by atoms with Crippen molar-refractivity contribution < 1.29 is 14.3 Å². The lowest BCUT2D eigenvalue weighted by molar-refractivity contribution is -0.143. The number of carbonyl (C=O) groups is 1. The number of rotatable bonds is 4. The highest BCUT2D eigenvalue weighted by Crippen LogP contribution is 2.29. The summed E-state index contributed by atoms with van der Waals surface area (Å²) in [7, 11) is 0. The third-order valence-electron chi connectivity index (χ3n) is 3.94. The van der Waals surface area contributed by atoms with Gasteiger partial charge in [-0.25, -0.2) is 4.39 Å². The molecule has 1 aromatic rings. The molecule has 0 aromatic heterocycles. The Hall–Kier alpha value is -0.940. The fraction of sp³-hybridized carbons (Fsp3) is 0.533. The monoisotopic (exact) mass is 343 g/mol. The van der Waals surface area contributed by atoms with Crippen molar-refractivity contribution in [3.05, 3.63) is 34.1 Å². The van der Waals surface area contributed by atoms with Crippen molar-refractivity contribution in [2.24, 2.45) is 5.92 Å². The van der Waals surface area contributed by atoms with Gasteiger partial charge < -0.3 is 10.4 Å². The number of carboxylic acid groups (broad SMARTS) is 1. The van der Waals surface area contributed by atoms with Crippen LogP contribution in [0.25, 0.3) is 0 Å². The molecule has 20 heavy (non-hydrogen) atoms. The van der Waals surface area contributed by atoms with Crippen LogP contribution in [-0.4, -0.2) is 17.1 Å². The van der Waals surface area contributed by atoms with Crippen LogP contribution in [0.1, 0.15) is 44.2 Å². The minimum Gasteiger partial charge on any atom is -0.481 e. The largest absolute Gasteiger partial charge is 0.481 e. The average molecular weight is 344 g/mol. The molecular weight excluding hydrogens is 325 g/mol. The van der Waals surface area contributed by atoms with Gasteiger partial charge in [-0.05, 0) is 43.9 Å². The van der Waals surface area contributed by atoms with Crippen LogP contribution in [0.5, 0.6) is 0 Å². The van der Waals surface area contributed by atoms with Gasteiger partial charge in [-0.1, -0.05) is 28.4 Å². The molecule has 3 nitrogen and oxygen atoms in total. The number of halogens is 2. The van der Waals surface area contributed by atoms with E-state index in [1.54, 1.807) is 6.07 Å².